The fourth-order valence-corrected chi connectivity index (χ4v) is 1.79. The molecule has 1 unspecified atom stereocenters. The summed E-state index contributed by atoms with van der Waals surface area (Å²) in [4.78, 5) is 12.1. The van der Waals surface area contributed by atoms with E-state index in [1.807, 2.05) is 30.3 Å². The molecule has 1 amide bonds. The Morgan fingerprint density at radius 1 is 1.19 bits per heavy atom. The van der Waals surface area contributed by atoms with Crippen LogP contribution >= 0.6 is 0 Å². The molecule has 0 spiro atoms. The lowest BCUT2D eigenvalue weighted by Gasteiger charge is -2.14. The Kier molecular flexibility index (Phi) is 3.42. The number of para-hydroxylation sites is 1. The van der Waals surface area contributed by atoms with E-state index < -0.39 is 6.04 Å². The molecule has 3 aromatic rings. The van der Waals surface area contributed by atoms with E-state index in [-0.39, 0.29) is 5.91 Å². The fourth-order valence-electron chi connectivity index (χ4n) is 1.79. The molecule has 1 aromatic carbocycles. The van der Waals surface area contributed by atoms with E-state index in [0.717, 1.165) is 5.69 Å². The SMILES string of the molecule is CC(Nc1ccc2nnnn2n1)C(=O)Nc1ccccc1. The third-order valence-corrected chi connectivity index (χ3v) is 2.87. The van der Waals surface area contributed by atoms with Gasteiger partial charge in [-0.2, -0.15) is 0 Å². The molecule has 21 heavy (non-hydrogen) atoms. The van der Waals surface area contributed by atoms with Crippen LogP contribution in [0.3, 0.4) is 0 Å². The van der Waals surface area contributed by atoms with Crippen molar-refractivity contribution in [2.45, 2.75) is 13.0 Å². The summed E-state index contributed by atoms with van der Waals surface area (Å²) < 4.78 is 1.30. The maximum atomic E-state index is 12.1. The van der Waals surface area contributed by atoms with Gasteiger partial charge in [-0.3, -0.25) is 4.79 Å². The van der Waals surface area contributed by atoms with Crippen LogP contribution in [0.4, 0.5) is 11.5 Å². The van der Waals surface area contributed by atoms with Crippen molar-refractivity contribution in [2.24, 2.45) is 0 Å². The molecule has 2 aromatic heterocycles. The average molecular weight is 283 g/mol. The number of anilines is 2. The molecule has 2 heterocycles. The lowest BCUT2D eigenvalue weighted by atomic mass is 10.2. The monoisotopic (exact) mass is 283 g/mol. The van der Waals surface area contributed by atoms with Gasteiger partial charge in [-0.25, -0.2) is 0 Å². The lowest BCUT2D eigenvalue weighted by Crippen LogP contribution is -2.32. The van der Waals surface area contributed by atoms with E-state index in [4.69, 9.17) is 0 Å². The van der Waals surface area contributed by atoms with E-state index in [2.05, 4.69) is 31.3 Å². The molecule has 0 radical (unpaired) electrons. The van der Waals surface area contributed by atoms with Gasteiger partial charge in [0.2, 0.25) is 5.91 Å². The van der Waals surface area contributed by atoms with Crippen LogP contribution in [0.2, 0.25) is 0 Å². The number of carbonyl (C=O) groups excluding carboxylic acids is 1. The summed E-state index contributed by atoms with van der Waals surface area (Å²) in [6, 6.07) is 12.3. The predicted molar refractivity (Wildman–Crippen MR) is 76.7 cm³/mol. The van der Waals surface area contributed by atoms with Crippen molar-refractivity contribution in [3.05, 3.63) is 42.5 Å². The first-order valence-electron chi connectivity index (χ1n) is 6.40. The zero-order valence-electron chi connectivity index (χ0n) is 11.3. The van der Waals surface area contributed by atoms with Crippen molar-refractivity contribution in [1.29, 1.82) is 0 Å². The second-order valence-electron chi connectivity index (χ2n) is 4.47. The Morgan fingerprint density at radius 3 is 2.81 bits per heavy atom. The van der Waals surface area contributed by atoms with Crippen molar-refractivity contribution in [3.63, 3.8) is 0 Å². The van der Waals surface area contributed by atoms with Crippen LogP contribution in [-0.4, -0.2) is 37.2 Å². The van der Waals surface area contributed by atoms with Crippen LogP contribution in [0, 0.1) is 0 Å². The van der Waals surface area contributed by atoms with Crippen LogP contribution < -0.4 is 10.6 Å². The number of carbonyl (C=O) groups is 1. The van der Waals surface area contributed by atoms with Gasteiger partial charge < -0.3 is 10.6 Å². The van der Waals surface area contributed by atoms with Gasteiger partial charge in [0.05, 0.1) is 0 Å². The number of nitrogens with one attached hydrogen (secondary N) is 2. The zero-order chi connectivity index (χ0) is 14.7. The van der Waals surface area contributed by atoms with Crippen molar-refractivity contribution in [1.82, 2.24) is 25.3 Å². The maximum Gasteiger partial charge on any atom is 0.246 e. The van der Waals surface area contributed by atoms with Crippen molar-refractivity contribution in [3.8, 4) is 0 Å². The highest BCUT2D eigenvalue weighted by Gasteiger charge is 2.13. The Balaban J connectivity index is 1.67. The molecule has 0 fully saturated rings. The molecule has 0 aliphatic rings. The molecule has 3 rings (SSSR count). The molecular formula is C13H13N7O. The summed E-state index contributed by atoms with van der Waals surface area (Å²) in [6.45, 7) is 1.75. The molecule has 0 bridgehead atoms. The highest BCUT2D eigenvalue weighted by atomic mass is 16.2. The van der Waals surface area contributed by atoms with Crippen molar-refractivity contribution >= 4 is 23.1 Å². The first kappa shape index (κ1) is 13.0. The van der Waals surface area contributed by atoms with Crippen LogP contribution in [0.25, 0.3) is 5.65 Å². The minimum absolute atomic E-state index is 0.153. The minimum atomic E-state index is -0.452. The molecule has 106 valence electrons. The van der Waals surface area contributed by atoms with Crippen LogP contribution in [0.1, 0.15) is 6.92 Å². The van der Waals surface area contributed by atoms with Gasteiger partial charge in [0.25, 0.3) is 0 Å². The average Bonchev–Trinajstić information content (AvgIpc) is 2.95. The van der Waals surface area contributed by atoms with E-state index in [1.54, 1.807) is 19.1 Å². The van der Waals surface area contributed by atoms with Gasteiger partial charge in [-0.15, -0.1) is 14.8 Å². The molecule has 8 heteroatoms. The van der Waals surface area contributed by atoms with Gasteiger partial charge in [0.15, 0.2) is 5.65 Å². The summed E-state index contributed by atoms with van der Waals surface area (Å²) >= 11 is 0. The molecular weight excluding hydrogens is 270 g/mol. The fraction of sp³-hybridized carbons (Fsp3) is 0.154. The maximum absolute atomic E-state index is 12.1. The summed E-state index contributed by atoms with van der Waals surface area (Å²) in [7, 11) is 0. The number of rotatable bonds is 4. The number of benzene rings is 1. The molecule has 0 aliphatic heterocycles. The predicted octanol–water partition coefficient (Wildman–Crippen LogP) is 0.958. The highest BCUT2D eigenvalue weighted by molar-refractivity contribution is 5.96. The molecule has 2 N–H and O–H groups in total. The number of aromatic nitrogens is 5. The van der Waals surface area contributed by atoms with Gasteiger partial charge in [-0.1, -0.05) is 18.2 Å². The summed E-state index contributed by atoms with van der Waals surface area (Å²) in [6.07, 6.45) is 0. The molecule has 0 aliphatic carbocycles. The number of fused-ring (bicyclic) bond motifs is 1. The Hall–Kier alpha value is -3.03. The van der Waals surface area contributed by atoms with Crippen LogP contribution in [0.5, 0.6) is 0 Å². The Bertz CT molecular complexity index is 755. The molecule has 0 saturated carbocycles. The Morgan fingerprint density at radius 2 is 2.00 bits per heavy atom. The summed E-state index contributed by atoms with van der Waals surface area (Å²) in [5, 5.41) is 20.9. The Labute approximate surface area is 120 Å². The van der Waals surface area contributed by atoms with Gasteiger partial charge in [0, 0.05) is 5.69 Å². The molecule has 8 nitrogen and oxygen atoms in total. The minimum Gasteiger partial charge on any atom is -0.357 e. The first-order valence-corrected chi connectivity index (χ1v) is 6.40. The highest BCUT2D eigenvalue weighted by Crippen LogP contribution is 2.08. The van der Waals surface area contributed by atoms with Crippen LogP contribution in [0.15, 0.2) is 42.5 Å². The van der Waals surface area contributed by atoms with Gasteiger partial charge in [0.1, 0.15) is 11.9 Å². The third kappa shape index (κ3) is 2.94. The van der Waals surface area contributed by atoms with E-state index in [9.17, 15) is 4.79 Å². The van der Waals surface area contributed by atoms with E-state index in [0.29, 0.717) is 11.5 Å². The summed E-state index contributed by atoms with van der Waals surface area (Å²) in [5.74, 6) is 0.366. The second kappa shape index (κ2) is 5.53. The molecule has 1 atom stereocenters. The number of hydrogen-bond acceptors (Lipinski definition) is 6. The number of amides is 1. The quantitative estimate of drug-likeness (QED) is 0.740. The van der Waals surface area contributed by atoms with E-state index >= 15 is 0 Å². The van der Waals surface area contributed by atoms with Crippen LogP contribution in [-0.2, 0) is 4.79 Å². The number of hydrogen-bond donors (Lipinski definition) is 2. The van der Waals surface area contributed by atoms with E-state index in [1.165, 1.54) is 4.63 Å². The van der Waals surface area contributed by atoms with Gasteiger partial charge in [-0.05, 0) is 41.6 Å². The lowest BCUT2D eigenvalue weighted by molar-refractivity contribution is -0.116. The third-order valence-electron chi connectivity index (χ3n) is 2.87. The zero-order valence-corrected chi connectivity index (χ0v) is 11.3. The van der Waals surface area contributed by atoms with Crippen molar-refractivity contribution < 1.29 is 4.79 Å². The standard InChI is InChI=1S/C13H13N7O/c1-9(13(21)15-10-5-3-2-4-6-10)14-11-7-8-12-16-18-19-20(12)17-11/h2-9H,1H3,(H,14,17)(H,15,21). The number of tetrazole rings is 1. The topological polar surface area (TPSA) is 97.1 Å². The number of nitrogens with zero attached hydrogens (tertiary/aromatic N) is 5. The molecule has 0 saturated heterocycles. The van der Waals surface area contributed by atoms with Crippen molar-refractivity contribution in [2.75, 3.05) is 10.6 Å². The second-order valence-corrected chi connectivity index (χ2v) is 4.47. The smallest absolute Gasteiger partial charge is 0.246 e. The normalized spacial score (nSPS) is 12.0. The first-order chi connectivity index (χ1) is 10.2. The van der Waals surface area contributed by atoms with Gasteiger partial charge >= 0.3 is 0 Å². The summed E-state index contributed by atoms with van der Waals surface area (Å²) in [5.41, 5.74) is 1.29. The largest absolute Gasteiger partial charge is 0.357 e.